The molecule has 0 saturated heterocycles. The second-order valence-corrected chi connectivity index (χ2v) is 7.45. The van der Waals surface area contributed by atoms with Gasteiger partial charge in [-0.1, -0.05) is 53.2 Å². The van der Waals surface area contributed by atoms with Crippen LogP contribution in [-0.2, 0) is 6.42 Å². The average molecular weight is 397 g/mol. The first-order valence-electron chi connectivity index (χ1n) is 8.35. The lowest BCUT2D eigenvalue weighted by Crippen LogP contribution is -2.30. The molecule has 0 amide bonds. The maximum absolute atomic E-state index is 13.1. The van der Waals surface area contributed by atoms with Crippen LogP contribution in [0.5, 0.6) is 0 Å². The molecule has 0 aliphatic carbocycles. The van der Waals surface area contributed by atoms with Crippen LogP contribution in [0.15, 0.2) is 59.1 Å². The lowest BCUT2D eigenvalue weighted by molar-refractivity contribution is 0.627. The molecule has 3 aromatic carbocycles. The minimum atomic E-state index is -0.243. The van der Waals surface area contributed by atoms with E-state index in [2.05, 4.69) is 58.1 Å². The van der Waals surface area contributed by atoms with Crippen LogP contribution in [0.2, 0.25) is 0 Å². The van der Waals surface area contributed by atoms with Gasteiger partial charge in [0.2, 0.25) is 0 Å². The highest BCUT2D eigenvalue weighted by molar-refractivity contribution is 9.10. The number of nitrogens with one attached hydrogen (secondary N) is 1. The zero-order valence-electron chi connectivity index (χ0n) is 13.9. The zero-order valence-corrected chi connectivity index (χ0v) is 15.5. The summed E-state index contributed by atoms with van der Waals surface area (Å²) in [5.74, 6) is 0.667. The van der Waals surface area contributed by atoms with E-state index in [9.17, 15) is 4.39 Å². The van der Waals surface area contributed by atoms with E-state index in [4.69, 9.17) is 5.41 Å². The third-order valence-electron chi connectivity index (χ3n) is 4.88. The van der Waals surface area contributed by atoms with Crippen LogP contribution in [0, 0.1) is 11.2 Å². The van der Waals surface area contributed by atoms with Gasteiger partial charge in [-0.05, 0) is 46.2 Å². The number of benzene rings is 3. The molecule has 1 heterocycles. The summed E-state index contributed by atoms with van der Waals surface area (Å²) in [5.41, 5.74) is 3.38. The number of nitrogens with zero attached hydrogens (tertiary/aromatic N) is 1. The minimum Gasteiger partial charge on any atom is -0.329 e. The predicted octanol–water partition coefficient (Wildman–Crippen LogP) is 5.88. The van der Waals surface area contributed by atoms with Crippen LogP contribution in [0.3, 0.4) is 0 Å². The predicted molar refractivity (Wildman–Crippen MR) is 105 cm³/mol. The van der Waals surface area contributed by atoms with Crippen LogP contribution in [0.25, 0.3) is 10.8 Å². The molecule has 0 radical (unpaired) electrons. The molecule has 0 bridgehead atoms. The smallest absolute Gasteiger partial charge is 0.123 e. The van der Waals surface area contributed by atoms with Crippen molar-refractivity contribution in [2.24, 2.45) is 0 Å². The molecular formula is C21H18BrFN2. The fourth-order valence-corrected chi connectivity index (χ4v) is 4.19. The van der Waals surface area contributed by atoms with Crippen molar-refractivity contribution in [1.82, 2.24) is 0 Å². The van der Waals surface area contributed by atoms with Gasteiger partial charge in [0.05, 0.1) is 0 Å². The molecule has 2 nitrogen and oxygen atoms in total. The largest absolute Gasteiger partial charge is 0.329 e. The molecule has 0 saturated carbocycles. The molecule has 0 aromatic heterocycles. The number of anilines is 1. The fourth-order valence-electron chi connectivity index (χ4n) is 3.69. The first-order valence-corrected chi connectivity index (χ1v) is 9.14. The van der Waals surface area contributed by atoms with Crippen LogP contribution in [0.1, 0.15) is 24.0 Å². The fraction of sp³-hybridized carbons (Fsp3) is 0.190. The molecule has 4 heteroatoms. The van der Waals surface area contributed by atoms with Gasteiger partial charge in [-0.25, -0.2) is 4.39 Å². The molecule has 1 unspecified atom stereocenters. The summed E-state index contributed by atoms with van der Waals surface area (Å²) >= 11 is 3.63. The molecule has 25 heavy (non-hydrogen) atoms. The van der Waals surface area contributed by atoms with Gasteiger partial charge in [0, 0.05) is 29.0 Å². The Kier molecular flexibility index (Phi) is 4.08. The number of hydrogen-bond acceptors (Lipinski definition) is 1. The van der Waals surface area contributed by atoms with Gasteiger partial charge < -0.3 is 4.90 Å². The molecule has 0 spiro atoms. The number of amidine groups is 1. The number of hydrogen-bond donors (Lipinski definition) is 1. The van der Waals surface area contributed by atoms with E-state index >= 15 is 0 Å². The van der Waals surface area contributed by atoms with E-state index < -0.39 is 0 Å². The quantitative estimate of drug-likeness (QED) is 0.424. The van der Waals surface area contributed by atoms with Crippen molar-refractivity contribution in [3.8, 4) is 0 Å². The van der Waals surface area contributed by atoms with Crippen molar-refractivity contribution in [2.75, 3.05) is 11.4 Å². The van der Waals surface area contributed by atoms with Crippen molar-refractivity contribution < 1.29 is 4.39 Å². The third kappa shape index (κ3) is 2.85. The van der Waals surface area contributed by atoms with Gasteiger partial charge in [-0.2, -0.15) is 0 Å². The molecule has 1 N–H and O–H groups in total. The normalized spacial score (nSPS) is 16.3. The highest BCUT2D eigenvalue weighted by Crippen LogP contribution is 2.42. The zero-order chi connectivity index (χ0) is 17.6. The molecule has 0 fully saturated rings. The number of fused-ring (bicyclic) bond motifs is 3. The summed E-state index contributed by atoms with van der Waals surface area (Å²) in [6, 6.07) is 16.9. The molecule has 3 aromatic rings. The molecule has 1 aliphatic rings. The van der Waals surface area contributed by atoms with E-state index in [1.54, 1.807) is 12.1 Å². The van der Waals surface area contributed by atoms with Crippen LogP contribution < -0.4 is 4.90 Å². The van der Waals surface area contributed by atoms with Crippen LogP contribution in [-0.4, -0.2) is 12.4 Å². The Bertz CT molecular complexity index is 966. The first kappa shape index (κ1) is 16.3. The van der Waals surface area contributed by atoms with E-state index in [0.717, 1.165) is 22.3 Å². The Morgan fingerprint density at radius 2 is 1.88 bits per heavy atom. The second-order valence-electron chi connectivity index (χ2n) is 6.59. The SMILES string of the molecule is CC1CN(C(=N)Cc2ccc(F)cc2)c2ccc3c(Br)cccc3c21. The molecule has 126 valence electrons. The van der Waals surface area contributed by atoms with Gasteiger partial charge in [-0.3, -0.25) is 5.41 Å². The van der Waals surface area contributed by atoms with Gasteiger partial charge in [0.15, 0.2) is 0 Å². The van der Waals surface area contributed by atoms with E-state index in [1.807, 2.05) is 0 Å². The molecule has 1 aliphatic heterocycles. The number of rotatable bonds is 2. The highest BCUT2D eigenvalue weighted by atomic mass is 79.9. The maximum atomic E-state index is 13.1. The van der Waals surface area contributed by atoms with E-state index in [0.29, 0.717) is 18.2 Å². The van der Waals surface area contributed by atoms with Gasteiger partial charge in [-0.15, -0.1) is 0 Å². The Hall–Kier alpha value is -2.20. The Balaban J connectivity index is 1.70. The maximum Gasteiger partial charge on any atom is 0.123 e. The minimum absolute atomic E-state index is 0.243. The Morgan fingerprint density at radius 1 is 1.12 bits per heavy atom. The van der Waals surface area contributed by atoms with E-state index in [1.165, 1.54) is 28.5 Å². The van der Waals surface area contributed by atoms with E-state index in [-0.39, 0.29) is 5.82 Å². The lowest BCUT2D eigenvalue weighted by atomic mass is 9.96. The lowest BCUT2D eigenvalue weighted by Gasteiger charge is -2.21. The average Bonchev–Trinajstić information content (AvgIpc) is 2.95. The highest BCUT2D eigenvalue weighted by Gasteiger charge is 2.29. The topological polar surface area (TPSA) is 27.1 Å². The monoisotopic (exact) mass is 396 g/mol. The summed E-state index contributed by atoms with van der Waals surface area (Å²) in [6.07, 6.45) is 0.503. The van der Waals surface area contributed by atoms with Crippen molar-refractivity contribution in [1.29, 1.82) is 5.41 Å². The second kappa shape index (κ2) is 6.26. The van der Waals surface area contributed by atoms with Crippen LogP contribution >= 0.6 is 15.9 Å². The third-order valence-corrected chi connectivity index (χ3v) is 5.57. The summed E-state index contributed by atoms with van der Waals surface area (Å²) < 4.78 is 14.2. The summed E-state index contributed by atoms with van der Waals surface area (Å²) in [6.45, 7) is 3.02. The Labute approximate surface area is 154 Å². The summed E-state index contributed by atoms with van der Waals surface area (Å²) in [4.78, 5) is 2.09. The van der Waals surface area contributed by atoms with Crippen molar-refractivity contribution in [3.05, 3.63) is 76.0 Å². The molecular weight excluding hydrogens is 379 g/mol. The molecule has 4 rings (SSSR count). The number of halogens is 2. The van der Waals surface area contributed by atoms with Gasteiger partial charge >= 0.3 is 0 Å². The summed E-state index contributed by atoms with van der Waals surface area (Å²) in [5, 5.41) is 11.0. The van der Waals surface area contributed by atoms with Gasteiger partial charge in [0.25, 0.3) is 0 Å². The Morgan fingerprint density at radius 3 is 2.64 bits per heavy atom. The first-order chi connectivity index (χ1) is 12.0. The van der Waals surface area contributed by atoms with Gasteiger partial charge in [0.1, 0.15) is 11.7 Å². The summed E-state index contributed by atoms with van der Waals surface area (Å²) in [7, 11) is 0. The standard InChI is InChI=1S/C21H18BrFN2/c1-13-12-25(20(24)11-14-5-7-15(23)8-6-14)19-10-9-16-17(21(13)19)3-2-4-18(16)22/h2-10,13,24H,11-12H2,1H3. The van der Waals surface area contributed by atoms with Crippen molar-refractivity contribution >= 4 is 38.2 Å². The molecule has 1 atom stereocenters. The van der Waals surface area contributed by atoms with Crippen molar-refractivity contribution in [3.63, 3.8) is 0 Å². The van der Waals surface area contributed by atoms with Crippen molar-refractivity contribution in [2.45, 2.75) is 19.3 Å². The van der Waals surface area contributed by atoms with Crippen LogP contribution in [0.4, 0.5) is 10.1 Å².